The summed E-state index contributed by atoms with van der Waals surface area (Å²) >= 11 is 0. The molecule has 0 heterocycles. The van der Waals surface area contributed by atoms with Crippen LogP contribution in [0.15, 0.2) is 80.4 Å². The van der Waals surface area contributed by atoms with Crippen molar-refractivity contribution in [2.45, 2.75) is 6.42 Å². The molecule has 0 saturated heterocycles. The molecular weight excluding hydrogens is 468 g/mol. The number of rotatable bonds is 12. The molecule has 0 atom stereocenters. The highest BCUT2D eigenvalue weighted by atomic mass is 16.7. The van der Waals surface area contributed by atoms with Gasteiger partial charge in [-0.2, -0.15) is 0 Å². The molecule has 36 heavy (non-hydrogen) atoms. The number of hydrogen-bond acceptors (Lipinski definition) is 9. The number of carbonyl (C=O) groups excluding carboxylic acids is 4. The standard InChI is InChI=1S/C27H22O9/c1-4-21(28)15-20-9-7-19(8-10-20)11-14-27(31)36-22-12-13-23(32-17-34-25(29)5-2)24(16-22)33-18-35-26(30)6-3/h4-10,12-13,16H,1-3,15,17-18H2. The lowest BCUT2D eigenvalue weighted by atomic mass is 10.1. The SMILES string of the molecule is C=CC(=O)Cc1ccc(C#CC(=O)Oc2ccc(OCOC(=O)C=C)c(OCOC(=O)C=C)c2)cc1. The number of esters is 3. The Morgan fingerprint density at radius 3 is 1.97 bits per heavy atom. The van der Waals surface area contributed by atoms with Crippen molar-refractivity contribution < 1.29 is 42.9 Å². The van der Waals surface area contributed by atoms with E-state index in [1.807, 2.05) is 0 Å². The van der Waals surface area contributed by atoms with Gasteiger partial charge in [-0.25, -0.2) is 14.4 Å². The maximum absolute atomic E-state index is 12.2. The lowest BCUT2D eigenvalue weighted by molar-refractivity contribution is -0.146. The molecule has 2 aromatic carbocycles. The fourth-order valence-corrected chi connectivity index (χ4v) is 2.44. The van der Waals surface area contributed by atoms with Crippen molar-refractivity contribution in [1.29, 1.82) is 0 Å². The molecule has 0 fully saturated rings. The number of ether oxygens (including phenoxy) is 5. The Bertz CT molecular complexity index is 1210. The number of ketones is 1. The van der Waals surface area contributed by atoms with Crippen molar-refractivity contribution in [3.05, 3.63) is 91.6 Å². The van der Waals surface area contributed by atoms with Crippen LogP contribution in [0, 0.1) is 11.8 Å². The Hall–Kier alpha value is -5.10. The molecule has 0 radical (unpaired) electrons. The first kappa shape index (κ1) is 27.1. The van der Waals surface area contributed by atoms with Crippen molar-refractivity contribution >= 4 is 23.7 Å². The molecular formula is C27H22O9. The first-order valence-electron chi connectivity index (χ1n) is 10.3. The Kier molecular flexibility index (Phi) is 10.7. The smallest absolute Gasteiger partial charge is 0.390 e. The summed E-state index contributed by atoms with van der Waals surface area (Å²) in [5.74, 6) is 2.88. The maximum Gasteiger partial charge on any atom is 0.390 e. The van der Waals surface area contributed by atoms with Gasteiger partial charge in [0.2, 0.25) is 13.6 Å². The minimum absolute atomic E-state index is 0.0319. The van der Waals surface area contributed by atoms with Gasteiger partial charge >= 0.3 is 17.9 Å². The number of benzene rings is 2. The summed E-state index contributed by atoms with van der Waals surface area (Å²) in [6.45, 7) is 9.05. The van der Waals surface area contributed by atoms with Gasteiger partial charge in [-0.15, -0.1) is 0 Å². The van der Waals surface area contributed by atoms with E-state index in [-0.39, 0.29) is 29.5 Å². The van der Waals surface area contributed by atoms with Gasteiger partial charge in [0, 0.05) is 36.1 Å². The fraction of sp³-hybridized carbons (Fsp3) is 0.111. The molecule has 0 amide bonds. The third-order valence-electron chi connectivity index (χ3n) is 4.16. The zero-order chi connectivity index (χ0) is 26.3. The Balaban J connectivity index is 2.07. The average molecular weight is 490 g/mol. The molecule has 2 rings (SSSR count). The van der Waals surface area contributed by atoms with Crippen molar-refractivity contribution in [2.24, 2.45) is 0 Å². The van der Waals surface area contributed by atoms with E-state index in [4.69, 9.17) is 23.7 Å². The molecule has 0 aliphatic heterocycles. The van der Waals surface area contributed by atoms with E-state index < -0.39 is 31.5 Å². The summed E-state index contributed by atoms with van der Waals surface area (Å²) in [5, 5.41) is 0. The fourth-order valence-electron chi connectivity index (χ4n) is 2.44. The highest BCUT2D eigenvalue weighted by Crippen LogP contribution is 2.32. The van der Waals surface area contributed by atoms with Crippen LogP contribution in [0.4, 0.5) is 0 Å². The zero-order valence-corrected chi connectivity index (χ0v) is 19.2. The predicted molar refractivity (Wildman–Crippen MR) is 128 cm³/mol. The molecule has 0 N–H and O–H groups in total. The van der Waals surface area contributed by atoms with Gasteiger partial charge in [0.25, 0.3) is 0 Å². The largest absolute Gasteiger partial charge is 0.453 e. The van der Waals surface area contributed by atoms with E-state index in [0.717, 1.165) is 17.7 Å². The molecule has 2 aromatic rings. The second-order valence-electron chi connectivity index (χ2n) is 6.65. The second kappa shape index (κ2) is 14.2. The predicted octanol–water partition coefficient (Wildman–Crippen LogP) is 3.07. The van der Waals surface area contributed by atoms with Crippen LogP contribution in [0.2, 0.25) is 0 Å². The van der Waals surface area contributed by atoms with Crippen LogP contribution in [-0.4, -0.2) is 37.3 Å². The number of carbonyl (C=O) groups is 4. The lowest BCUT2D eigenvalue weighted by Gasteiger charge is -2.13. The normalized spacial score (nSPS) is 9.44. The zero-order valence-electron chi connectivity index (χ0n) is 19.2. The maximum atomic E-state index is 12.2. The Morgan fingerprint density at radius 2 is 1.39 bits per heavy atom. The van der Waals surface area contributed by atoms with Crippen molar-refractivity contribution in [1.82, 2.24) is 0 Å². The van der Waals surface area contributed by atoms with E-state index in [9.17, 15) is 19.2 Å². The van der Waals surface area contributed by atoms with E-state index in [2.05, 4.69) is 31.6 Å². The molecule has 0 aliphatic rings. The minimum atomic E-state index is -0.849. The summed E-state index contributed by atoms with van der Waals surface area (Å²) < 4.78 is 25.4. The van der Waals surface area contributed by atoms with E-state index >= 15 is 0 Å². The second-order valence-corrected chi connectivity index (χ2v) is 6.65. The van der Waals surface area contributed by atoms with Crippen molar-refractivity contribution in [2.75, 3.05) is 13.6 Å². The molecule has 9 nitrogen and oxygen atoms in total. The molecule has 184 valence electrons. The number of allylic oxidation sites excluding steroid dienone is 1. The monoisotopic (exact) mass is 490 g/mol. The van der Waals surface area contributed by atoms with Crippen LogP contribution in [-0.2, 0) is 35.1 Å². The first-order valence-corrected chi connectivity index (χ1v) is 10.3. The molecule has 9 heteroatoms. The quantitative estimate of drug-likeness (QED) is 0.146. The summed E-state index contributed by atoms with van der Waals surface area (Å²) in [6, 6.07) is 10.9. The first-order chi connectivity index (χ1) is 17.3. The Morgan fingerprint density at radius 1 is 0.778 bits per heavy atom. The Labute approximate surface area is 207 Å². The lowest BCUT2D eigenvalue weighted by Crippen LogP contribution is -2.11. The van der Waals surface area contributed by atoms with Crippen molar-refractivity contribution in [3.63, 3.8) is 0 Å². The summed E-state index contributed by atoms with van der Waals surface area (Å²) in [6.07, 6.45) is 3.41. The molecule has 0 unspecified atom stereocenters. The average Bonchev–Trinajstić information content (AvgIpc) is 2.89. The molecule has 0 saturated carbocycles. The van der Waals surface area contributed by atoms with Crippen LogP contribution >= 0.6 is 0 Å². The minimum Gasteiger partial charge on any atom is -0.453 e. The van der Waals surface area contributed by atoms with Gasteiger partial charge in [-0.05, 0) is 35.9 Å². The summed E-state index contributed by atoms with van der Waals surface area (Å²) in [4.78, 5) is 46.0. The molecule has 0 aliphatic carbocycles. The molecule has 0 spiro atoms. The highest BCUT2D eigenvalue weighted by molar-refractivity contribution is 5.91. The van der Waals surface area contributed by atoms with Gasteiger partial charge in [0.15, 0.2) is 17.3 Å². The van der Waals surface area contributed by atoms with Gasteiger partial charge in [0.1, 0.15) is 5.75 Å². The third-order valence-corrected chi connectivity index (χ3v) is 4.16. The van der Waals surface area contributed by atoms with E-state index in [0.29, 0.717) is 5.56 Å². The highest BCUT2D eigenvalue weighted by Gasteiger charge is 2.11. The van der Waals surface area contributed by atoms with Gasteiger partial charge < -0.3 is 23.7 Å². The van der Waals surface area contributed by atoms with Gasteiger partial charge in [-0.1, -0.05) is 37.8 Å². The van der Waals surface area contributed by atoms with Crippen LogP contribution in [0.25, 0.3) is 0 Å². The van der Waals surface area contributed by atoms with Crippen molar-refractivity contribution in [3.8, 4) is 29.1 Å². The van der Waals surface area contributed by atoms with E-state index in [1.165, 1.54) is 24.3 Å². The van der Waals surface area contributed by atoms with Crippen LogP contribution < -0.4 is 14.2 Å². The van der Waals surface area contributed by atoms with E-state index in [1.54, 1.807) is 24.3 Å². The molecule has 0 aromatic heterocycles. The third kappa shape index (κ3) is 9.41. The van der Waals surface area contributed by atoms with Crippen LogP contribution in [0.5, 0.6) is 17.2 Å². The van der Waals surface area contributed by atoms with Crippen LogP contribution in [0.3, 0.4) is 0 Å². The molecule has 0 bridgehead atoms. The van der Waals surface area contributed by atoms with Gasteiger partial charge in [-0.3, -0.25) is 4.79 Å². The summed E-state index contributed by atoms with van der Waals surface area (Å²) in [7, 11) is 0. The topological polar surface area (TPSA) is 114 Å². The van der Waals surface area contributed by atoms with Gasteiger partial charge in [0.05, 0.1) is 0 Å². The summed E-state index contributed by atoms with van der Waals surface area (Å²) in [5.41, 5.74) is 1.34. The van der Waals surface area contributed by atoms with Crippen LogP contribution in [0.1, 0.15) is 11.1 Å². The number of hydrogen-bond donors (Lipinski definition) is 0.